The quantitative estimate of drug-likeness (QED) is 0.534. The molecule has 0 saturated heterocycles. The minimum absolute atomic E-state index is 0.0265. The Hall–Kier alpha value is -2.67. The number of carbonyl (C=O) groups excluding carboxylic acids is 3. The summed E-state index contributed by atoms with van der Waals surface area (Å²) in [7, 11) is 0. The number of ketones is 1. The molecule has 1 unspecified atom stereocenters. The van der Waals surface area contributed by atoms with E-state index in [-0.39, 0.29) is 29.9 Å². The van der Waals surface area contributed by atoms with E-state index in [2.05, 4.69) is 5.32 Å². The zero-order valence-corrected chi connectivity index (χ0v) is 16.8. The summed E-state index contributed by atoms with van der Waals surface area (Å²) in [5.74, 6) is -1.51. The molecule has 2 aromatic rings. The van der Waals surface area contributed by atoms with Crippen molar-refractivity contribution in [3.05, 3.63) is 65.0 Å². The van der Waals surface area contributed by atoms with E-state index in [0.717, 1.165) is 22.9 Å². The van der Waals surface area contributed by atoms with E-state index in [1.165, 1.54) is 24.3 Å². The van der Waals surface area contributed by atoms with Gasteiger partial charge >= 0.3 is 5.97 Å². The molecule has 1 atom stereocenters. The maximum Gasteiger partial charge on any atom is 0.319 e. The Kier molecular flexibility index (Phi) is 7.75. The summed E-state index contributed by atoms with van der Waals surface area (Å²) in [6, 6.07) is 10.7. The maximum atomic E-state index is 12.8. The minimum atomic E-state index is -0.605. The fraction of sp³-hybridized carbons (Fsp3) is 0.286. The van der Waals surface area contributed by atoms with Gasteiger partial charge in [-0.3, -0.25) is 14.4 Å². The van der Waals surface area contributed by atoms with Crippen molar-refractivity contribution in [2.45, 2.75) is 26.0 Å². The van der Waals surface area contributed by atoms with Crippen molar-refractivity contribution in [1.29, 1.82) is 0 Å². The van der Waals surface area contributed by atoms with Gasteiger partial charge in [-0.25, -0.2) is 4.39 Å². The highest BCUT2D eigenvalue weighted by Crippen LogP contribution is 2.15. The summed E-state index contributed by atoms with van der Waals surface area (Å²) in [6.07, 6.45) is 0. The molecule has 2 rings (SSSR count). The second-order valence-electron chi connectivity index (χ2n) is 6.34. The molecule has 0 fully saturated rings. The summed E-state index contributed by atoms with van der Waals surface area (Å²) in [6.45, 7) is 5.13. The van der Waals surface area contributed by atoms with Gasteiger partial charge in [-0.1, -0.05) is 12.1 Å². The highest BCUT2D eigenvalue weighted by atomic mass is 32.2. The molecule has 0 radical (unpaired) electrons. The number of benzene rings is 2. The van der Waals surface area contributed by atoms with Crippen molar-refractivity contribution >= 4 is 35.1 Å². The lowest BCUT2D eigenvalue weighted by Crippen LogP contribution is -2.23. The van der Waals surface area contributed by atoms with Crippen molar-refractivity contribution in [1.82, 2.24) is 0 Å². The third kappa shape index (κ3) is 6.49. The number of rotatable bonds is 8. The topological polar surface area (TPSA) is 72.5 Å². The molecule has 28 heavy (non-hydrogen) atoms. The molecule has 0 aliphatic rings. The predicted octanol–water partition coefficient (Wildman–Crippen LogP) is 3.93. The third-order valence-corrected chi connectivity index (χ3v) is 5.22. The molecule has 7 heteroatoms. The zero-order valence-electron chi connectivity index (χ0n) is 16.0. The van der Waals surface area contributed by atoms with E-state index in [0.29, 0.717) is 11.3 Å². The Morgan fingerprint density at radius 2 is 1.75 bits per heavy atom. The Bertz CT molecular complexity index is 867. The molecule has 0 aliphatic carbocycles. The van der Waals surface area contributed by atoms with E-state index in [1.54, 1.807) is 19.1 Å². The van der Waals surface area contributed by atoms with Crippen LogP contribution in [-0.4, -0.2) is 35.3 Å². The van der Waals surface area contributed by atoms with Gasteiger partial charge in [-0.2, -0.15) is 0 Å². The molecule has 0 aliphatic heterocycles. The van der Waals surface area contributed by atoms with Crippen molar-refractivity contribution in [3.8, 4) is 0 Å². The van der Waals surface area contributed by atoms with Crippen LogP contribution in [0.1, 0.15) is 28.4 Å². The second kappa shape index (κ2) is 10.0. The summed E-state index contributed by atoms with van der Waals surface area (Å²) >= 11 is 1.09. The molecule has 1 amide bonds. The molecule has 0 saturated carbocycles. The van der Waals surface area contributed by atoms with Crippen LogP contribution in [0.5, 0.6) is 0 Å². The number of ether oxygens (including phenoxy) is 1. The standard InChI is InChI=1S/C21H22FNO4S/c1-13-4-5-16(10-14(13)2)19(24)11-27-21(26)15(3)28-12-20(25)23-18-8-6-17(22)7-9-18/h4-10,15H,11-12H2,1-3H3,(H,23,25). The molecule has 148 valence electrons. The Morgan fingerprint density at radius 1 is 1.07 bits per heavy atom. The van der Waals surface area contributed by atoms with Crippen LogP contribution in [0.4, 0.5) is 10.1 Å². The molecule has 0 aromatic heterocycles. The number of anilines is 1. The number of hydrogen-bond donors (Lipinski definition) is 1. The van der Waals surface area contributed by atoms with Gasteiger partial charge in [0.25, 0.3) is 0 Å². The molecular weight excluding hydrogens is 381 g/mol. The Morgan fingerprint density at radius 3 is 2.39 bits per heavy atom. The first-order chi connectivity index (χ1) is 13.3. The molecule has 0 spiro atoms. The highest BCUT2D eigenvalue weighted by Gasteiger charge is 2.18. The van der Waals surface area contributed by atoms with Gasteiger partial charge in [0.05, 0.1) is 5.75 Å². The SMILES string of the molecule is Cc1ccc(C(=O)COC(=O)C(C)SCC(=O)Nc2ccc(F)cc2)cc1C. The minimum Gasteiger partial charge on any atom is -0.456 e. The van der Waals surface area contributed by atoms with E-state index in [9.17, 15) is 18.8 Å². The summed E-state index contributed by atoms with van der Waals surface area (Å²) in [5.41, 5.74) is 3.04. The molecule has 1 N–H and O–H groups in total. The van der Waals surface area contributed by atoms with Crippen molar-refractivity contribution in [2.75, 3.05) is 17.7 Å². The number of carbonyl (C=O) groups is 3. The number of aryl methyl sites for hydroxylation is 2. The van der Waals surface area contributed by atoms with Gasteiger partial charge in [0.15, 0.2) is 12.4 Å². The number of Topliss-reactive ketones (excluding diaryl/α,β-unsaturated/α-hetero) is 1. The van der Waals surface area contributed by atoms with Gasteiger partial charge in [-0.05, 0) is 62.2 Å². The van der Waals surface area contributed by atoms with Gasteiger partial charge in [0.1, 0.15) is 11.1 Å². The fourth-order valence-corrected chi connectivity index (χ4v) is 2.93. The number of esters is 1. The largest absolute Gasteiger partial charge is 0.456 e. The number of amides is 1. The highest BCUT2D eigenvalue weighted by molar-refractivity contribution is 8.01. The van der Waals surface area contributed by atoms with Crippen molar-refractivity contribution < 1.29 is 23.5 Å². The van der Waals surface area contributed by atoms with Crippen LogP contribution < -0.4 is 5.32 Å². The monoisotopic (exact) mass is 403 g/mol. The molecule has 0 heterocycles. The van der Waals surface area contributed by atoms with Gasteiger partial charge < -0.3 is 10.1 Å². The fourth-order valence-electron chi connectivity index (χ4n) is 2.25. The van der Waals surface area contributed by atoms with E-state index in [1.807, 2.05) is 19.9 Å². The first kappa shape index (κ1) is 21.6. The van der Waals surface area contributed by atoms with Crippen LogP contribution in [-0.2, 0) is 14.3 Å². The van der Waals surface area contributed by atoms with Crippen LogP contribution in [0, 0.1) is 19.7 Å². The van der Waals surface area contributed by atoms with Crippen LogP contribution in [0.15, 0.2) is 42.5 Å². The summed E-state index contributed by atoms with van der Waals surface area (Å²) in [5, 5.41) is 2.01. The normalized spacial score (nSPS) is 11.6. The van der Waals surface area contributed by atoms with Gasteiger partial charge in [0.2, 0.25) is 5.91 Å². The van der Waals surface area contributed by atoms with E-state index >= 15 is 0 Å². The molecule has 0 bridgehead atoms. The first-order valence-electron chi connectivity index (χ1n) is 8.70. The lowest BCUT2D eigenvalue weighted by Gasteiger charge is -2.11. The first-order valence-corrected chi connectivity index (χ1v) is 9.75. The predicted molar refractivity (Wildman–Crippen MR) is 108 cm³/mol. The van der Waals surface area contributed by atoms with Crippen LogP contribution in [0.25, 0.3) is 0 Å². The van der Waals surface area contributed by atoms with Gasteiger partial charge in [-0.15, -0.1) is 11.8 Å². The van der Waals surface area contributed by atoms with Crippen molar-refractivity contribution in [2.24, 2.45) is 0 Å². The van der Waals surface area contributed by atoms with Crippen LogP contribution in [0.3, 0.4) is 0 Å². The summed E-state index contributed by atoms with van der Waals surface area (Å²) < 4.78 is 17.9. The average Bonchev–Trinajstić information content (AvgIpc) is 2.67. The molecular formula is C21H22FNO4S. The number of halogens is 1. The number of hydrogen-bond acceptors (Lipinski definition) is 5. The lowest BCUT2D eigenvalue weighted by atomic mass is 10.0. The third-order valence-electron chi connectivity index (χ3n) is 4.10. The van der Waals surface area contributed by atoms with Crippen molar-refractivity contribution in [3.63, 3.8) is 0 Å². The average molecular weight is 403 g/mol. The smallest absolute Gasteiger partial charge is 0.319 e. The zero-order chi connectivity index (χ0) is 20.7. The second-order valence-corrected chi connectivity index (χ2v) is 7.67. The van der Waals surface area contributed by atoms with Crippen LogP contribution >= 0.6 is 11.8 Å². The summed E-state index contributed by atoms with van der Waals surface area (Å²) in [4.78, 5) is 36.1. The van der Waals surface area contributed by atoms with Crippen LogP contribution in [0.2, 0.25) is 0 Å². The van der Waals surface area contributed by atoms with E-state index in [4.69, 9.17) is 4.74 Å². The molecule has 2 aromatic carbocycles. The molecule has 5 nitrogen and oxygen atoms in total. The van der Waals surface area contributed by atoms with Gasteiger partial charge in [0, 0.05) is 11.3 Å². The lowest BCUT2D eigenvalue weighted by molar-refractivity contribution is -0.141. The maximum absolute atomic E-state index is 12.8. The Balaban J connectivity index is 1.75. The Labute approximate surface area is 167 Å². The van der Waals surface area contributed by atoms with E-state index < -0.39 is 11.2 Å². The number of nitrogens with one attached hydrogen (secondary N) is 1. The number of thioether (sulfide) groups is 1.